The number of imidazole rings is 1. The number of fused-ring (bicyclic) bond motifs is 1. The van der Waals surface area contributed by atoms with Crippen molar-refractivity contribution in [2.75, 3.05) is 26.4 Å². The monoisotopic (exact) mass is 283 g/mol. The zero-order chi connectivity index (χ0) is 13.1. The average molecular weight is 283 g/mol. The highest BCUT2D eigenvalue weighted by Gasteiger charge is 2.06. The smallest absolute Gasteiger partial charge is 0.168 e. The van der Waals surface area contributed by atoms with Gasteiger partial charge in [-0.05, 0) is 27.1 Å². The number of thioether (sulfide) groups is 1. The van der Waals surface area contributed by atoms with Gasteiger partial charge in [-0.2, -0.15) is 0 Å². The predicted molar refractivity (Wildman–Crippen MR) is 77.6 cm³/mol. The Morgan fingerprint density at radius 1 is 1.50 bits per heavy atom. The van der Waals surface area contributed by atoms with Gasteiger partial charge >= 0.3 is 0 Å². The number of nitrogens with zero attached hydrogens (tertiary/aromatic N) is 4. The van der Waals surface area contributed by atoms with Crippen molar-refractivity contribution in [3.05, 3.63) is 11.0 Å². The molecule has 0 saturated heterocycles. The van der Waals surface area contributed by atoms with Crippen molar-refractivity contribution < 1.29 is 0 Å². The van der Waals surface area contributed by atoms with Crippen molar-refractivity contribution >= 4 is 35.1 Å². The topological polar surface area (TPSA) is 49.7 Å². The van der Waals surface area contributed by atoms with E-state index in [9.17, 15) is 0 Å². The zero-order valence-electron chi connectivity index (χ0n) is 10.8. The van der Waals surface area contributed by atoms with Crippen molar-refractivity contribution in [2.24, 2.45) is 7.05 Å². The molecule has 18 heavy (non-hydrogen) atoms. The van der Waals surface area contributed by atoms with Crippen LogP contribution in [0.3, 0.4) is 0 Å². The molecule has 98 valence electrons. The van der Waals surface area contributed by atoms with E-state index in [2.05, 4.69) is 33.9 Å². The van der Waals surface area contributed by atoms with Crippen molar-refractivity contribution in [1.29, 1.82) is 0 Å². The van der Waals surface area contributed by atoms with Crippen LogP contribution in [0.1, 0.15) is 6.42 Å². The molecular formula is C11H17N5S2. The Morgan fingerprint density at radius 2 is 2.28 bits per heavy atom. The molecule has 2 aromatic heterocycles. The number of aromatic amines is 1. The lowest BCUT2D eigenvalue weighted by atomic mass is 10.5. The van der Waals surface area contributed by atoms with E-state index in [1.54, 1.807) is 18.1 Å². The number of H-pyrrole nitrogens is 1. The zero-order valence-corrected chi connectivity index (χ0v) is 12.4. The van der Waals surface area contributed by atoms with Gasteiger partial charge < -0.3 is 14.5 Å². The first-order valence-corrected chi connectivity index (χ1v) is 7.16. The van der Waals surface area contributed by atoms with Gasteiger partial charge in [-0.1, -0.05) is 24.0 Å². The summed E-state index contributed by atoms with van der Waals surface area (Å²) in [6.07, 6.45) is 2.87. The number of aromatic nitrogens is 4. The van der Waals surface area contributed by atoms with Gasteiger partial charge in [0.25, 0.3) is 0 Å². The molecule has 0 saturated carbocycles. The summed E-state index contributed by atoms with van der Waals surface area (Å²) in [6, 6.07) is 0. The third-order valence-electron chi connectivity index (χ3n) is 2.56. The van der Waals surface area contributed by atoms with E-state index in [1.807, 2.05) is 11.6 Å². The second kappa shape index (κ2) is 5.81. The lowest BCUT2D eigenvalue weighted by Crippen LogP contribution is -2.13. The van der Waals surface area contributed by atoms with Crippen LogP contribution in [0, 0.1) is 4.64 Å². The molecule has 0 bridgehead atoms. The fraction of sp³-hybridized carbons (Fsp3) is 0.545. The number of hydrogen-bond acceptors (Lipinski definition) is 5. The molecule has 5 nitrogen and oxygen atoms in total. The lowest BCUT2D eigenvalue weighted by Gasteiger charge is -2.08. The van der Waals surface area contributed by atoms with E-state index < -0.39 is 0 Å². The van der Waals surface area contributed by atoms with E-state index in [4.69, 9.17) is 12.2 Å². The number of nitrogens with one attached hydrogen (secondary N) is 1. The highest BCUT2D eigenvalue weighted by atomic mass is 32.2. The van der Waals surface area contributed by atoms with Crippen molar-refractivity contribution in [2.45, 2.75) is 11.6 Å². The Hall–Kier alpha value is -0.920. The Morgan fingerprint density at radius 3 is 3.00 bits per heavy atom. The number of rotatable bonds is 5. The normalized spacial score (nSPS) is 11.6. The Labute approximate surface area is 116 Å². The van der Waals surface area contributed by atoms with Crippen LogP contribution in [0.25, 0.3) is 11.2 Å². The maximum atomic E-state index is 5.29. The molecule has 0 atom stereocenters. The molecule has 0 radical (unpaired) electrons. The molecule has 0 aliphatic heterocycles. The molecule has 1 N–H and O–H groups in total. The first-order chi connectivity index (χ1) is 8.58. The molecule has 0 aliphatic rings. The van der Waals surface area contributed by atoms with Crippen LogP contribution in [0.2, 0.25) is 0 Å². The Balaban J connectivity index is 2.08. The van der Waals surface area contributed by atoms with Crippen molar-refractivity contribution in [3.8, 4) is 0 Å². The molecular weight excluding hydrogens is 266 g/mol. The molecule has 0 amide bonds. The highest BCUT2D eigenvalue weighted by Crippen LogP contribution is 2.18. The summed E-state index contributed by atoms with van der Waals surface area (Å²) in [7, 11) is 6.08. The Kier molecular flexibility index (Phi) is 4.36. The summed E-state index contributed by atoms with van der Waals surface area (Å²) in [6.45, 7) is 1.08. The third-order valence-corrected chi connectivity index (χ3v) is 3.80. The largest absolute Gasteiger partial charge is 0.330 e. The molecule has 0 fully saturated rings. The second-order valence-corrected chi connectivity index (χ2v) is 5.88. The third kappa shape index (κ3) is 3.09. The first kappa shape index (κ1) is 13.5. The molecule has 0 spiro atoms. The van der Waals surface area contributed by atoms with Crippen LogP contribution in [-0.2, 0) is 7.05 Å². The summed E-state index contributed by atoms with van der Waals surface area (Å²) in [5, 5.41) is 0.852. The van der Waals surface area contributed by atoms with Gasteiger partial charge in [-0.25, -0.2) is 9.97 Å². The van der Waals surface area contributed by atoms with Crippen molar-refractivity contribution in [3.63, 3.8) is 0 Å². The lowest BCUT2D eigenvalue weighted by molar-refractivity contribution is 0.410. The average Bonchev–Trinajstić information content (AvgIpc) is 2.67. The highest BCUT2D eigenvalue weighted by molar-refractivity contribution is 7.99. The predicted octanol–water partition coefficient (Wildman–Crippen LogP) is 2.07. The van der Waals surface area contributed by atoms with E-state index in [1.165, 1.54) is 0 Å². The summed E-state index contributed by atoms with van der Waals surface area (Å²) < 4.78 is 2.50. The van der Waals surface area contributed by atoms with E-state index in [-0.39, 0.29) is 0 Å². The molecule has 0 aliphatic carbocycles. The van der Waals surface area contributed by atoms with E-state index in [0.29, 0.717) is 4.64 Å². The minimum Gasteiger partial charge on any atom is -0.330 e. The van der Waals surface area contributed by atoms with Gasteiger partial charge in [0.2, 0.25) is 0 Å². The maximum absolute atomic E-state index is 5.29. The molecule has 7 heteroatoms. The van der Waals surface area contributed by atoms with Crippen LogP contribution in [0.5, 0.6) is 0 Å². The molecule has 0 aromatic carbocycles. The number of aryl methyl sites for hydroxylation is 1. The maximum Gasteiger partial charge on any atom is 0.168 e. The minimum atomic E-state index is 0.610. The van der Waals surface area contributed by atoms with Crippen LogP contribution in [0.15, 0.2) is 11.5 Å². The fourth-order valence-electron chi connectivity index (χ4n) is 1.67. The van der Waals surface area contributed by atoms with Crippen LogP contribution in [-0.4, -0.2) is 50.8 Å². The molecule has 2 aromatic rings. The van der Waals surface area contributed by atoms with E-state index >= 15 is 0 Å². The van der Waals surface area contributed by atoms with Crippen LogP contribution in [0.4, 0.5) is 0 Å². The van der Waals surface area contributed by atoms with Gasteiger partial charge in [0.05, 0.1) is 6.33 Å². The van der Waals surface area contributed by atoms with Crippen LogP contribution < -0.4 is 0 Å². The summed E-state index contributed by atoms with van der Waals surface area (Å²) in [5.74, 6) is 1.02. The quantitative estimate of drug-likeness (QED) is 0.394. The molecule has 0 unspecified atom stereocenters. The van der Waals surface area contributed by atoms with Crippen molar-refractivity contribution in [1.82, 2.24) is 24.4 Å². The SMILES string of the molecule is CN(C)CCCSc1nc(=S)c2c(ncn2C)[nH]1. The molecule has 2 heterocycles. The fourth-order valence-corrected chi connectivity index (χ4v) is 2.85. The van der Waals surface area contributed by atoms with Gasteiger partial charge in [0.1, 0.15) is 5.52 Å². The van der Waals surface area contributed by atoms with Gasteiger partial charge in [-0.3, -0.25) is 0 Å². The minimum absolute atomic E-state index is 0.610. The molecule has 2 rings (SSSR count). The summed E-state index contributed by atoms with van der Waals surface area (Å²) >= 11 is 6.98. The van der Waals surface area contributed by atoms with Gasteiger partial charge in [0.15, 0.2) is 15.4 Å². The standard InChI is InChI=1S/C11H17N5S2/c1-15(2)5-4-6-18-11-13-9-8(10(17)14-11)16(3)7-12-9/h7H,4-6H2,1-3H3,(H,13,14,17). The summed E-state index contributed by atoms with van der Waals surface area (Å²) in [5.41, 5.74) is 1.70. The summed E-state index contributed by atoms with van der Waals surface area (Å²) in [4.78, 5) is 14.1. The number of hydrogen-bond donors (Lipinski definition) is 1. The Bertz CT molecular complexity index is 587. The van der Waals surface area contributed by atoms with Gasteiger partial charge in [-0.15, -0.1) is 0 Å². The van der Waals surface area contributed by atoms with Gasteiger partial charge in [0, 0.05) is 12.8 Å². The van der Waals surface area contributed by atoms with Crippen LogP contribution >= 0.6 is 24.0 Å². The second-order valence-electron chi connectivity index (χ2n) is 4.41. The first-order valence-electron chi connectivity index (χ1n) is 5.77. The van der Waals surface area contributed by atoms with E-state index in [0.717, 1.165) is 35.0 Å².